The highest BCUT2D eigenvalue weighted by atomic mass is 16.6. The number of esters is 1. The Bertz CT molecular complexity index is 1140. The molecule has 1 aliphatic rings. The van der Waals surface area contributed by atoms with E-state index in [1.54, 1.807) is 32.8 Å². The maximum Gasteiger partial charge on any atom is 0.410 e. The van der Waals surface area contributed by atoms with E-state index >= 15 is 0 Å². The summed E-state index contributed by atoms with van der Waals surface area (Å²) in [5.41, 5.74) is 0.962. The van der Waals surface area contributed by atoms with Gasteiger partial charge in [0.1, 0.15) is 5.60 Å². The first kappa shape index (κ1) is 30.4. The Kier molecular flexibility index (Phi) is 10.4. The number of hydrogen-bond acceptors (Lipinski definition) is 7. The average Bonchev–Trinajstić information content (AvgIpc) is 3.26. The van der Waals surface area contributed by atoms with E-state index in [4.69, 9.17) is 19.2 Å². The standard InChI is InChI=1S/C29H44N4O6/c1-20(2)17-33(22-16-21(27(35)38-7)18-31(19-22)28(36)39-29(3,4)5)26(34)25-30-23-12-8-9-13-24(23)32(25)14-10-11-15-37-6/h8-9,12-13,20-22H,10-11,14-19H2,1-7H3/t21-,22+/m1/s1. The second-order valence-corrected chi connectivity index (χ2v) is 11.6. The molecule has 0 aliphatic carbocycles. The Labute approximate surface area is 231 Å². The van der Waals surface area contributed by atoms with Crippen LogP contribution in [0.5, 0.6) is 0 Å². The lowest BCUT2D eigenvalue weighted by molar-refractivity contribution is -0.148. The van der Waals surface area contributed by atoms with Gasteiger partial charge in [-0.15, -0.1) is 0 Å². The molecule has 1 aliphatic heterocycles. The molecule has 0 unspecified atom stereocenters. The van der Waals surface area contributed by atoms with Crippen molar-refractivity contribution in [1.29, 1.82) is 0 Å². The van der Waals surface area contributed by atoms with Gasteiger partial charge in [-0.2, -0.15) is 0 Å². The molecule has 10 nitrogen and oxygen atoms in total. The molecule has 0 N–H and O–H groups in total. The third-order valence-electron chi connectivity index (χ3n) is 6.70. The van der Waals surface area contributed by atoms with E-state index in [1.807, 2.05) is 42.7 Å². The summed E-state index contributed by atoms with van der Waals surface area (Å²) in [5, 5.41) is 0. The largest absolute Gasteiger partial charge is 0.469 e. The maximum absolute atomic E-state index is 14.3. The number of para-hydroxylation sites is 2. The molecule has 1 aromatic carbocycles. The highest BCUT2D eigenvalue weighted by Gasteiger charge is 2.41. The van der Waals surface area contributed by atoms with Gasteiger partial charge in [-0.3, -0.25) is 9.59 Å². The van der Waals surface area contributed by atoms with Crippen molar-refractivity contribution in [2.45, 2.75) is 72.1 Å². The van der Waals surface area contributed by atoms with Crippen LogP contribution >= 0.6 is 0 Å². The Balaban J connectivity index is 1.98. The normalized spacial score (nSPS) is 17.9. The van der Waals surface area contributed by atoms with Crippen molar-refractivity contribution in [2.24, 2.45) is 11.8 Å². The molecular formula is C29H44N4O6. The number of unbranched alkanes of at least 4 members (excludes halogenated alkanes) is 1. The second kappa shape index (κ2) is 13.3. The zero-order valence-electron chi connectivity index (χ0n) is 24.4. The van der Waals surface area contributed by atoms with Crippen LogP contribution in [-0.2, 0) is 25.5 Å². The van der Waals surface area contributed by atoms with E-state index in [2.05, 4.69) is 0 Å². The first-order valence-electron chi connectivity index (χ1n) is 13.8. The second-order valence-electron chi connectivity index (χ2n) is 11.6. The number of carbonyl (C=O) groups excluding carboxylic acids is 3. The van der Waals surface area contributed by atoms with Gasteiger partial charge in [-0.25, -0.2) is 9.78 Å². The fourth-order valence-electron chi connectivity index (χ4n) is 5.01. The number of nitrogens with zero attached hydrogens (tertiary/aromatic N) is 4. The highest BCUT2D eigenvalue weighted by molar-refractivity contribution is 5.95. The molecule has 2 heterocycles. The Morgan fingerprint density at radius 3 is 2.46 bits per heavy atom. The Morgan fingerprint density at radius 1 is 1.10 bits per heavy atom. The van der Waals surface area contributed by atoms with Crippen molar-refractivity contribution in [2.75, 3.05) is 40.5 Å². The summed E-state index contributed by atoms with van der Waals surface area (Å²) in [6.07, 6.45) is 1.57. The lowest BCUT2D eigenvalue weighted by Gasteiger charge is -2.42. The minimum absolute atomic E-state index is 0.155. The summed E-state index contributed by atoms with van der Waals surface area (Å²) in [4.78, 5) is 48.1. The molecule has 2 amide bonds. The van der Waals surface area contributed by atoms with E-state index in [1.165, 1.54) is 12.0 Å². The van der Waals surface area contributed by atoms with Crippen molar-refractivity contribution in [3.05, 3.63) is 30.1 Å². The van der Waals surface area contributed by atoms with E-state index in [0.717, 1.165) is 23.9 Å². The predicted octanol–water partition coefficient (Wildman–Crippen LogP) is 4.36. The topological polar surface area (TPSA) is 103 Å². The number of aromatic nitrogens is 2. The van der Waals surface area contributed by atoms with Crippen LogP contribution in [0.1, 0.15) is 64.5 Å². The zero-order valence-corrected chi connectivity index (χ0v) is 24.4. The molecule has 0 radical (unpaired) electrons. The van der Waals surface area contributed by atoms with Crippen LogP contribution in [0, 0.1) is 11.8 Å². The number of fused-ring (bicyclic) bond motifs is 1. The fraction of sp³-hybridized carbons (Fsp3) is 0.655. The van der Waals surface area contributed by atoms with Crippen molar-refractivity contribution >= 4 is 29.0 Å². The van der Waals surface area contributed by atoms with Gasteiger partial charge in [0.25, 0.3) is 5.91 Å². The Hall–Kier alpha value is -3.14. The quantitative estimate of drug-likeness (QED) is 0.323. The first-order chi connectivity index (χ1) is 18.4. The summed E-state index contributed by atoms with van der Waals surface area (Å²) < 4.78 is 17.9. The lowest BCUT2D eigenvalue weighted by atomic mass is 9.92. The van der Waals surface area contributed by atoms with Crippen LogP contribution in [-0.4, -0.2) is 89.4 Å². The monoisotopic (exact) mass is 544 g/mol. The van der Waals surface area contributed by atoms with Gasteiger partial charge in [-0.05, 0) is 58.1 Å². The smallest absolute Gasteiger partial charge is 0.410 e. The van der Waals surface area contributed by atoms with Crippen LogP contribution < -0.4 is 0 Å². The molecule has 1 saturated heterocycles. The molecule has 10 heteroatoms. The van der Waals surface area contributed by atoms with Gasteiger partial charge in [-0.1, -0.05) is 26.0 Å². The number of amides is 2. The van der Waals surface area contributed by atoms with E-state index in [9.17, 15) is 14.4 Å². The molecule has 39 heavy (non-hydrogen) atoms. The summed E-state index contributed by atoms with van der Waals surface area (Å²) >= 11 is 0. The van der Waals surface area contributed by atoms with Gasteiger partial charge >= 0.3 is 12.1 Å². The summed E-state index contributed by atoms with van der Waals surface area (Å²) in [6, 6.07) is 7.32. The molecule has 1 fully saturated rings. The SMILES string of the molecule is COCCCCn1c(C(=O)N(CC(C)C)[C@H]2C[C@@H](C(=O)OC)CN(C(=O)OC(C)(C)C)C2)nc2ccccc21. The number of ether oxygens (including phenoxy) is 3. The number of methoxy groups -OCH3 is 2. The van der Waals surface area contributed by atoms with Crippen molar-refractivity contribution in [3.8, 4) is 0 Å². The highest BCUT2D eigenvalue weighted by Crippen LogP contribution is 2.27. The number of benzene rings is 1. The van der Waals surface area contributed by atoms with Gasteiger partial charge in [0, 0.05) is 39.9 Å². The minimum atomic E-state index is -0.689. The third kappa shape index (κ3) is 7.94. The molecule has 1 aromatic heterocycles. The maximum atomic E-state index is 14.3. The third-order valence-corrected chi connectivity index (χ3v) is 6.70. The van der Waals surface area contributed by atoms with Crippen LogP contribution in [0.3, 0.4) is 0 Å². The number of piperidine rings is 1. The molecule has 0 bridgehead atoms. The number of aryl methyl sites for hydroxylation is 1. The Morgan fingerprint density at radius 2 is 1.82 bits per heavy atom. The number of imidazole rings is 1. The van der Waals surface area contributed by atoms with Gasteiger partial charge in [0.05, 0.1) is 30.1 Å². The fourth-order valence-corrected chi connectivity index (χ4v) is 5.01. The number of carbonyl (C=O) groups is 3. The zero-order chi connectivity index (χ0) is 28.7. The summed E-state index contributed by atoms with van der Waals surface area (Å²) in [7, 11) is 3.02. The predicted molar refractivity (Wildman–Crippen MR) is 148 cm³/mol. The van der Waals surface area contributed by atoms with Gasteiger partial charge < -0.3 is 28.6 Å². The molecule has 216 valence electrons. The minimum Gasteiger partial charge on any atom is -0.469 e. The van der Waals surface area contributed by atoms with Crippen molar-refractivity contribution in [3.63, 3.8) is 0 Å². The molecular weight excluding hydrogens is 500 g/mol. The molecule has 2 aromatic rings. The van der Waals surface area contributed by atoms with E-state index in [0.29, 0.717) is 31.9 Å². The number of hydrogen-bond donors (Lipinski definition) is 0. The summed E-state index contributed by atoms with van der Waals surface area (Å²) in [5.74, 6) is -0.682. The van der Waals surface area contributed by atoms with Crippen LogP contribution in [0.15, 0.2) is 24.3 Å². The van der Waals surface area contributed by atoms with Gasteiger partial charge in [0.2, 0.25) is 0 Å². The number of rotatable bonds is 10. The van der Waals surface area contributed by atoms with Crippen LogP contribution in [0.2, 0.25) is 0 Å². The van der Waals surface area contributed by atoms with E-state index in [-0.39, 0.29) is 24.9 Å². The molecule has 0 saturated carbocycles. The van der Waals surface area contributed by atoms with Gasteiger partial charge in [0.15, 0.2) is 5.82 Å². The van der Waals surface area contributed by atoms with Crippen LogP contribution in [0.25, 0.3) is 11.0 Å². The van der Waals surface area contributed by atoms with Crippen molar-refractivity contribution < 1.29 is 28.6 Å². The first-order valence-corrected chi connectivity index (χ1v) is 13.8. The molecule has 2 atom stereocenters. The average molecular weight is 545 g/mol. The van der Waals surface area contributed by atoms with E-state index < -0.39 is 29.6 Å². The molecule has 0 spiro atoms. The van der Waals surface area contributed by atoms with Crippen molar-refractivity contribution in [1.82, 2.24) is 19.4 Å². The van der Waals surface area contributed by atoms with Crippen LogP contribution in [0.4, 0.5) is 4.79 Å². The summed E-state index contributed by atoms with van der Waals surface area (Å²) in [6.45, 7) is 11.6. The number of likely N-dealkylation sites (tertiary alicyclic amines) is 1. The molecule has 3 rings (SSSR count). The lowest BCUT2D eigenvalue weighted by Crippen LogP contribution is -2.57.